The summed E-state index contributed by atoms with van der Waals surface area (Å²) < 4.78 is 0. The van der Waals surface area contributed by atoms with Crippen LogP contribution in [0.5, 0.6) is 0 Å². The zero-order chi connectivity index (χ0) is 15.2. The SMILES string of the molecule is CNC(CCN1CCN(C(C)C)CC1)c1cccc(Cl)c1. The fourth-order valence-electron chi connectivity index (χ4n) is 3.02. The first-order chi connectivity index (χ1) is 10.1. The fraction of sp³-hybridized carbons (Fsp3) is 0.647. The molecule has 1 aromatic carbocycles. The molecule has 1 aliphatic heterocycles. The zero-order valence-electron chi connectivity index (χ0n) is 13.5. The smallest absolute Gasteiger partial charge is 0.0409 e. The number of nitrogens with one attached hydrogen (secondary N) is 1. The van der Waals surface area contributed by atoms with E-state index in [0.717, 1.165) is 18.0 Å². The van der Waals surface area contributed by atoms with Crippen LogP contribution >= 0.6 is 11.6 Å². The topological polar surface area (TPSA) is 18.5 Å². The minimum atomic E-state index is 0.381. The van der Waals surface area contributed by atoms with Crippen LogP contribution in [0.4, 0.5) is 0 Å². The lowest BCUT2D eigenvalue weighted by atomic mass is 10.0. The van der Waals surface area contributed by atoms with Gasteiger partial charge in [0.2, 0.25) is 0 Å². The molecular formula is C17H28ClN3. The van der Waals surface area contributed by atoms with E-state index in [0.29, 0.717) is 12.1 Å². The molecule has 0 spiro atoms. The van der Waals surface area contributed by atoms with E-state index in [1.807, 2.05) is 19.2 Å². The van der Waals surface area contributed by atoms with Crippen molar-refractivity contribution >= 4 is 11.6 Å². The van der Waals surface area contributed by atoms with Crippen molar-refractivity contribution in [2.75, 3.05) is 39.8 Å². The quantitative estimate of drug-likeness (QED) is 0.871. The highest BCUT2D eigenvalue weighted by Gasteiger charge is 2.19. The Labute approximate surface area is 134 Å². The average molecular weight is 310 g/mol. The summed E-state index contributed by atoms with van der Waals surface area (Å²) in [6, 6.07) is 9.24. The van der Waals surface area contributed by atoms with Crippen molar-refractivity contribution in [3.05, 3.63) is 34.9 Å². The first-order valence-corrected chi connectivity index (χ1v) is 8.37. The van der Waals surface area contributed by atoms with Crippen LogP contribution in [0.1, 0.15) is 31.9 Å². The van der Waals surface area contributed by atoms with E-state index < -0.39 is 0 Å². The zero-order valence-corrected chi connectivity index (χ0v) is 14.2. The van der Waals surface area contributed by atoms with Gasteiger partial charge in [0.15, 0.2) is 0 Å². The van der Waals surface area contributed by atoms with E-state index >= 15 is 0 Å². The molecule has 3 nitrogen and oxygen atoms in total. The molecule has 0 aliphatic carbocycles. The van der Waals surface area contributed by atoms with Crippen molar-refractivity contribution in [1.29, 1.82) is 0 Å². The van der Waals surface area contributed by atoms with E-state index in [-0.39, 0.29) is 0 Å². The lowest BCUT2D eigenvalue weighted by Crippen LogP contribution is -2.49. The van der Waals surface area contributed by atoms with E-state index in [2.05, 4.69) is 41.1 Å². The van der Waals surface area contributed by atoms with Crippen LogP contribution in [0, 0.1) is 0 Å². The maximum Gasteiger partial charge on any atom is 0.0409 e. The molecule has 1 saturated heterocycles. The molecule has 1 fully saturated rings. The molecular weight excluding hydrogens is 282 g/mol. The first kappa shape index (κ1) is 16.8. The Balaban J connectivity index is 1.82. The monoisotopic (exact) mass is 309 g/mol. The minimum Gasteiger partial charge on any atom is -0.313 e. The molecule has 21 heavy (non-hydrogen) atoms. The second-order valence-electron chi connectivity index (χ2n) is 6.16. The second-order valence-corrected chi connectivity index (χ2v) is 6.59. The Morgan fingerprint density at radius 2 is 1.90 bits per heavy atom. The summed E-state index contributed by atoms with van der Waals surface area (Å²) in [6.45, 7) is 10.5. The van der Waals surface area contributed by atoms with E-state index in [1.54, 1.807) is 0 Å². The van der Waals surface area contributed by atoms with Gasteiger partial charge in [-0.1, -0.05) is 23.7 Å². The number of benzene rings is 1. The second kappa shape index (κ2) is 8.14. The van der Waals surface area contributed by atoms with Crippen molar-refractivity contribution < 1.29 is 0 Å². The van der Waals surface area contributed by atoms with Gasteiger partial charge in [0.1, 0.15) is 0 Å². The van der Waals surface area contributed by atoms with Crippen molar-refractivity contribution in [3.63, 3.8) is 0 Å². The van der Waals surface area contributed by atoms with Crippen molar-refractivity contribution in [1.82, 2.24) is 15.1 Å². The third-order valence-corrected chi connectivity index (χ3v) is 4.71. The maximum atomic E-state index is 6.10. The summed E-state index contributed by atoms with van der Waals surface area (Å²) >= 11 is 6.10. The minimum absolute atomic E-state index is 0.381. The van der Waals surface area contributed by atoms with Crippen molar-refractivity contribution in [3.8, 4) is 0 Å². The summed E-state index contributed by atoms with van der Waals surface area (Å²) in [5, 5.41) is 4.23. The third kappa shape index (κ3) is 4.96. The molecule has 0 amide bonds. The van der Waals surface area contributed by atoms with Gasteiger partial charge in [-0.15, -0.1) is 0 Å². The van der Waals surface area contributed by atoms with E-state index in [4.69, 9.17) is 11.6 Å². The fourth-order valence-corrected chi connectivity index (χ4v) is 3.21. The van der Waals surface area contributed by atoms with Crippen LogP contribution in [0.25, 0.3) is 0 Å². The molecule has 0 saturated carbocycles. The standard InChI is InChI=1S/C17H28ClN3/c1-14(2)21-11-9-20(10-12-21)8-7-17(19-3)15-5-4-6-16(18)13-15/h4-6,13-14,17,19H,7-12H2,1-3H3. The Morgan fingerprint density at radius 3 is 2.48 bits per heavy atom. The number of rotatable bonds is 6. The van der Waals surface area contributed by atoms with Crippen molar-refractivity contribution in [2.24, 2.45) is 0 Å². The Morgan fingerprint density at radius 1 is 1.19 bits per heavy atom. The van der Waals surface area contributed by atoms with Crippen LogP contribution < -0.4 is 5.32 Å². The molecule has 1 unspecified atom stereocenters. The molecule has 1 aliphatic rings. The van der Waals surface area contributed by atoms with Gasteiger partial charge in [0.25, 0.3) is 0 Å². The molecule has 1 atom stereocenters. The van der Waals surface area contributed by atoms with Gasteiger partial charge in [-0.2, -0.15) is 0 Å². The highest BCUT2D eigenvalue weighted by atomic mass is 35.5. The van der Waals surface area contributed by atoms with E-state index in [9.17, 15) is 0 Å². The Bertz CT molecular complexity index is 428. The van der Waals surface area contributed by atoms with Gasteiger partial charge in [-0.25, -0.2) is 0 Å². The molecule has 1 N–H and O–H groups in total. The molecule has 0 bridgehead atoms. The third-order valence-electron chi connectivity index (χ3n) is 4.47. The van der Waals surface area contributed by atoms with Crippen LogP contribution in [0.2, 0.25) is 5.02 Å². The highest BCUT2D eigenvalue weighted by molar-refractivity contribution is 6.30. The van der Waals surface area contributed by atoms with Crippen LogP contribution in [0.3, 0.4) is 0 Å². The summed E-state index contributed by atoms with van der Waals surface area (Å²) in [7, 11) is 2.03. The van der Waals surface area contributed by atoms with Gasteiger partial charge in [-0.05, 0) is 45.0 Å². The summed E-state index contributed by atoms with van der Waals surface area (Å²) in [4.78, 5) is 5.14. The number of hydrogen-bond acceptors (Lipinski definition) is 3. The van der Waals surface area contributed by atoms with Crippen LogP contribution in [-0.2, 0) is 0 Å². The number of piperazine rings is 1. The molecule has 1 heterocycles. The Kier molecular flexibility index (Phi) is 6.49. The van der Waals surface area contributed by atoms with Crippen molar-refractivity contribution in [2.45, 2.75) is 32.4 Å². The number of halogens is 1. The molecule has 118 valence electrons. The van der Waals surface area contributed by atoms with E-state index in [1.165, 1.54) is 31.7 Å². The normalized spacial score (nSPS) is 19.1. The number of nitrogens with zero attached hydrogens (tertiary/aromatic N) is 2. The predicted octanol–water partition coefficient (Wildman–Crippen LogP) is 3.02. The molecule has 0 aromatic heterocycles. The van der Waals surface area contributed by atoms with Gasteiger partial charge in [-0.3, -0.25) is 4.90 Å². The predicted molar refractivity (Wildman–Crippen MR) is 91.0 cm³/mol. The molecule has 1 aromatic rings. The average Bonchev–Trinajstić information content (AvgIpc) is 2.48. The molecule has 4 heteroatoms. The van der Waals surface area contributed by atoms with Crippen LogP contribution in [0.15, 0.2) is 24.3 Å². The van der Waals surface area contributed by atoms with Gasteiger partial charge < -0.3 is 10.2 Å². The molecule has 2 rings (SSSR count). The lowest BCUT2D eigenvalue weighted by molar-refractivity contribution is 0.105. The summed E-state index contributed by atoms with van der Waals surface area (Å²) in [6.07, 6.45) is 1.12. The highest BCUT2D eigenvalue weighted by Crippen LogP contribution is 2.21. The molecule has 0 radical (unpaired) electrons. The summed E-state index contributed by atoms with van der Waals surface area (Å²) in [5.74, 6) is 0. The number of hydrogen-bond donors (Lipinski definition) is 1. The Hall–Kier alpha value is -0.610. The lowest BCUT2D eigenvalue weighted by Gasteiger charge is -2.37. The first-order valence-electron chi connectivity index (χ1n) is 7.99. The van der Waals surface area contributed by atoms with Gasteiger partial charge in [0, 0.05) is 49.8 Å². The summed E-state index contributed by atoms with van der Waals surface area (Å²) in [5.41, 5.74) is 1.28. The van der Waals surface area contributed by atoms with Crippen LogP contribution in [-0.4, -0.2) is 55.6 Å². The van der Waals surface area contributed by atoms with Gasteiger partial charge >= 0.3 is 0 Å². The van der Waals surface area contributed by atoms with Gasteiger partial charge in [0.05, 0.1) is 0 Å². The largest absolute Gasteiger partial charge is 0.313 e. The maximum absolute atomic E-state index is 6.10.